The molecule has 0 aliphatic heterocycles. The second kappa shape index (κ2) is 5.97. The number of nitrogens with two attached hydrogens (primary N) is 1. The fraction of sp³-hybridized carbons (Fsp3) is 0.176. The summed E-state index contributed by atoms with van der Waals surface area (Å²) >= 11 is 0. The minimum atomic E-state index is -0.321. The fourth-order valence-electron chi connectivity index (χ4n) is 3.33. The van der Waals surface area contributed by atoms with Crippen LogP contribution in [0.25, 0.3) is 11.1 Å². The molecule has 1 atom stereocenters. The summed E-state index contributed by atoms with van der Waals surface area (Å²) in [5.41, 5.74) is 10.1. The molecule has 0 amide bonds. The quantitative estimate of drug-likeness (QED) is 0.491. The average Bonchev–Trinajstić information content (AvgIpc) is 3.15. The summed E-state index contributed by atoms with van der Waals surface area (Å²) in [6, 6.07) is 4.67. The van der Waals surface area contributed by atoms with Crippen molar-refractivity contribution in [1.82, 2.24) is 20.2 Å². The minimum Gasteiger partial charge on any atom is -0.411 e. The zero-order valence-corrected chi connectivity index (χ0v) is 13.1. The van der Waals surface area contributed by atoms with Gasteiger partial charge in [0, 0.05) is 29.9 Å². The molecule has 126 valence electrons. The summed E-state index contributed by atoms with van der Waals surface area (Å²) in [4.78, 5) is 8.25. The van der Waals surface area contributed by atoms with Crippen LogP contribution in [0.15, 0.2) is 41.9 Å². The molecule has 0 fully saturated rings. The van der Waals surface area contributed by atoms with Crippen molar-refractivity contribution in [3.05, 3.63) is 59.4 Å². The number of anilines is 1. The molecule has 0 saturated carbocycles. The molecule has 2 heterocycles. The van der Waals surface area contributed by atoms with E-state index in [-0.39, 0.29) is 17.7 Å². The van der Waals surface area contributed by atoms with Crippen molar-refractivity contribution < 1.29 is 9.60 Å². The van der Waals surface area contributed by atoms with Gasteiger partial charge >= 0.3 is 0 Å². The van der Waals surface area contributed by atoms with Gasteiger partial charge in [0.05, 0.1) is 17.6 Å². The number of aromatic amines is 1. The van der Waals surface area contributed by atoms with E-state index in [0.717, 1.165) is 22.4 Å². The number of oxime groups is 1. The molecule has 0 saturated heterocycles. The standard InChI is InChI=1S/C17H15FN6O/c18-11-1-2-12(13(5-11)10-6-21-22-7-10)9-3-15-14(16(4-9)24-25)8-20-17(19)23-15/h1-2,5-9,25H,3-4H2,(H,21,22)(H2,19,20,23)/b24-16+. The Morgan fingerprint density at radius 1 is 1.24 bits per heavy atom. The molecule has 4 N–H and O–H groups in total. The first-order valence-electron chi connectivity index (χ1n) is 7.77. The maximum Gasteiger partial charge on any atom is 0.220 e. The minimum absolute atomic E-state index is 0.0294. The van der Waals surface area contributed by atoms with E-state index in [9.17, 15) is 9.60 Å². The molecule has 1 unspecified atom stereocenters. The number of benzene rings is 1. The Labute approximate surface area is 142 Å². The smallest absolute Gasteiger partial charge is 0.220 e. The van der Waals surface area contributed by atoms with Crippen LogP contribution in [0.2, 0.25) is 0 Å². The van der Waals surface area contributed by atoms with Crippen molar-refractivity contribution in [1.29, 1.82) is 0 Å². The second-order valence-corrected chi connectivity index (χ2v) is 5.96. The molecule has 0 bridgehead atoms. The highest BCUT2D eigenvalue weighted by Crippen LogP contribution is 2.37. The Kier molecular flexibility index (Phi) is 3.64. The molecule has 2 aromatic heterocycles. The molecule has 1 aliphatic rings. The van der Waals surface area contributed by atoms with Crippen molar-refractivity contribution in [2.45, 2.75) is 18.8 Å². The number of H-pyrrole nitrogens is 1. The molecule has 7 nitrogen and oxygen atoms in total. The highest BCUT2D eigenvalue weighted by molar-refractivity contribution is 6.02. The van der Waals surface area contributed by atoms with E-state index < -0.39 is 0 Å². The number of hydrogen-bond donors (Lipinski definition) is 3. The van der Waals surface area contributed by atoms with E-state index in [4.69, 9.17) is 5.73 Å². The van der Waals surface area contributed by atoms with E-state index in [1.165, 1.54) is 12.1 Å². The molecule has 8 heteroatoms. The summed E-state index contributed by atoms with van der Waals surface area (Å²) in [6.07, 6.45) is 6.03. The summed E-state index contributed by atoms with van der Waals surface area (Å²) in [5.74, 6) is -0.178. The summed E-state index contributed by atoms with van der Waals surface area (Å²) < 4.78 is 13.8. The predicted octanol–water partition coefficient (Wildman–Crippen LogP) is 2.50. The lowest BCUT2D eigenvalue weighted by Gasteiger charge is -2.26. The zero-order chi connectivity index (χ0) is 17.4. The highest BCUT2D eigenvalue weighted by atomic mass is 19.1. The van der Waals surface area contributed by atoms with Gasteiger partial charge in [0.25, 0.3) is 0 Å². The molecular formula is C17H15FN6O. The molecule has 1 aliphatic carbocycles. The van der Waals surface area contributed by atoms with Gasteiger partial charge in [-0.05, 0) is 35.6 Å². The third-order valence-corrected chi connectivity index (χ3v) is 4.46. The maximum atomic E-state index is 13.8. The van der Waals surface area contributed by atoms with Crippen molar-refractivity contribution in [2.75, 3.05) is 5.73 Å². The number of aromatic nitrogens is 4. The number of hydrogen-bond acceptors (Lipinski definition) is 6. The Morgan fingerprint density at radius 2 is 2.12 bits per heavy atom. The Bertz CT molecular complexity index is 954. The number of fused-ring (bicyclic) bond motifs is 1. The molecular weight excluding hydrogens is 323 g/mol. The van der Waals surface area contributed by atoms with Gasteiger partial charge in [0.15, 0.2) is 0 Å². The van der Waals surface area contributed by atoms with Gasteiger partial charge in [0.1, 0.15) is 5.82 Å². The Balaban J connectivity index is 1.81. The molecule has 1 aromatic carbocycles. The van der Waals surface area contributed by atoms with Crippen LogP contribution < -0.4 is 5.73 Å². The zero-order valence-electron chi connectivity index (χ0n) is 13.1. The topological polar surface area (TPSA) is 113 Å². The van der Waals surface area contributed by atoms with Crippen LogP contribution in [0.1, 0.15) is 29.2 Å². The van der Waals surface area contributed by atoms with Crippen LogP contribution in [0.3, 0.4) is 0 Å². The largest absolute Gasteiger partial charge is 0.411 e. The monoisotopic (exact) mass is 338 g/mol. The number of nitrogens with one attached hydrogen (secondary N) is 1. The van der Waals surface area contributed by atoms with E-state index in [1.807, 2.05) is 0 Å². The van der Waals surface area contributed by atoms with Gasteiger partial charge in [-0.25, -0.2) is 14.4 Å². The lowest BCUT2D eigenvalue weighted by Crippen LogP contribution is -2.22. The fourth-order valence-corrected chi connectivity index (χ4v) is 3.33. The molecule has 25 heavy (non-hydrogen) atoms. The third-order valence-electron chi connectivity index (χ3n) is 4.46. The normalized spacial score (nSPS) is 18.3. The molecule has 4 rings (SSSR count). The van der Waals surface area contributed by atoms with E-state index in [2.05, 4.69) is 25.3 Å². The molecule has 3 aromatic rings. The van der Waals surface area contributed by atoms with Crippen molar-refractivity contribution in [3.8, 4) is 11.1 Å². The van der Waals surface area contributed by atoms with E-state index in [0.29, 0.717) is 24.1 Å². The third kappa shape index (κ3) is 2.71. The number of nitrogen functional groups attached to an aromatic ring is 1. The van der Waals surface area contributed by atoms with Gasteiger partial charge in [-0.3, -0.25) is 5.10 Å². The van der Waals surface area contributed by atoms with Crippen LogP contribution in [0.4, 0.5) is 10.3 Å². The first-order valence-corrected chi connectivity index (χ1v) is 7.77. The van der Waals surface area contributed by atoms with Crippen molar-refractivity contribution >= 4 is 11.7 Å². The lowest BCUT2D eigenvalue weighted by molar-refractivity contribution is 0.316. The van der Waals surface area contributed by atoms with Gasteiger partial charge in [-0.2, -0.15) is 5.10 Å². The first-order chi connectivity index (χ1) is 12.2. The van der Waals surface area contributed by atoms with Crippen LogP contribution in [0, 0.1) is 5.82 Å². The van der Waals surface area contributed by atoms with Crippen LogP contribution >= 0.6 is 0 Å². The summed E-state index contributed by atoms with van der Waals surface area (Å²) in [7, 11) is 0. The van der Waals surface area contributed by atoms with Crippen molar-refractivity contribution in [2.24, 2.45) is 5.16 Å². The predicted molar refractivity (Wildman–Crippen MR) is 89.8 cm³/mol. The number of rotatable bonds is 2. The summed E-state index contributed by atoms with van der Waals surface area (Å²) in [6.45, 7) is 0. The second-order valence-electron chi connectivity index (χ2n) is 5.96. The summed E-state index contributed by atoms with van der Waals surface area (Å²) in [5, 5.41) is 19.5. The lowest BCUT2D eigenvalue weighted by atomic mass is 9.79. The van der Waals surface area contributed by atoms with E-state index in [1.54, 1.807) is 24.7 Å². The van der Waals surface area contributed by atoms with Crippen LogP contribution in [-0.4, -0.2) is 31.1 Å². The van der Waals surface area contributed by atoms with Crippen LogP contribution in [0.5, 0.6) is 0 Å². The Hall–Kier alpha value is -3.29. The molecule has 0 spiro atoms. The van der Waals surface area contributed by atoms with E-state index >= 15 is 0 Å². The van der Waals surface area contributed by atoms with Gasteiger partial charge in [0.2, 0.25) is 5.95 Å². The first kappa shape index (κ1) is 15.3. The number of nitrogens with zero attached hydrogens (tertiary/aromatic N) is 4. The highest BCUT2D eigenvalue weighted by Gasteiger charge is 2.29. The van der Waals surface area contributed by atoms with Crippen LogP contribution in [-0.2, 0) is 6.42 Å². The Morgan fingerprint density at radius 3 is 2.88 bits per heavy atom. The number of halogens is 1. The van der Waals surface area contributed by atoms with Gasteiger partial charge in [-0.15, -0.1) is 0 Å². The van der Waals surface area contributed by atoms with Crippen molar-refractivity contribution in [3.63, 3.8) is 0 Å². The molecule has 0 radical (unpaired) electrons. The SMILES string of the molecule is Nc1ncc2c(n1)CC(c1ccc(F)cc1-c1cn[nH]c1)C/C2=N\O. The average molecular weight is 338 g/mol. The van der Waals surface area contributed by atoms with Gasteiger partial charge < -0.3 is 10.9 Å². The van der Waals surface area contributed by atoms with Gasteiger partial charge in [-0.1, -0.05) is 11.2 Å². The maximum absolute atomic E-state index is 13.8.